The van der Waals surface area contributed by atoms with Crippen LogP contribution in [0.15, 0.2) is 0 Å². The van der Waals surface area contributed by atoms with E-state index in [1.165, 1.54) is 0 Å². The highest BCUT2D eigenvalue weighted by Crippen LogP contribution is 2.20. The third-order valence-electron chi connectivity index (χ3n) is 3.94. The van der Waals surface area contributed by atoms with Crippen LogP contribution in [0.3, 0.4) is 0 Å². The van der Waals surface area contributed by atoms with Crippen LogP contribution in [0.25, 0.3) is 0 Å². The Hall–Kier alpha value is -0.610. The highest BCUT2D eigenvalue weighted by Gasteiger charge is 2.38. The molecule has 1 atom stereocenters. The number of carbonyl (C=O) groups excluding carboxylic acids is 1. The number of esters is 1. The molecule has 0 aliphatic heterocycles. The van der Waals surface area contributed by atoms with E-state index in [1.54, 1.807) is 0 Å². The number of hydrogen-bond acceptors (Lipinski definition) is 4. The van der Waals surface area contributed by atoms with Gasteiger partial charge in [-0.2, -0.15) is 0 Å². The third kappa shape index (κ3) is 5.49. The first-order valence-electron chi connectivity index (χ1n) is 7.37. The Bertz CT molecular complexity index is 279. The van der Waals surface area contributed by atoms with Crippen LogP contribution in [-0.4, -0.2) is 48.7 Å². The van der Waals surface area contributed by atoms with Crippen LogP contribution in [-0.2, 0) is 9.53 Å². The maximum Gasteiger partial charge on any atom is 0.327 e. The van der Waals surface area contributed by atoms with Crippen molar-refractivity contribution in [2.75, 3.05) is 26.7 Å². The number of nitrogens with one attached hydrogen (secondary N) is 1. The molecule has 4 heteroatoms. The van der Waals surface area contributed by atoms with Crippen LogP contribution >= 0.6 is 0 Å². The van der Waals surface area contributed by atoms with Gasteiger partial charge in [-0.15, -0.1) is 0 Å². The Kier molecular flexibility index (Phi) is 7.60. The molecule has 1 unspecified atom stereocenters. The SMILES string of the molecule is CCCNC(C)(CN(C)C(C)(C)CC)C(=O)OCC. The smallest absolute Gasteiger partial charge is 0.327 e. The normalized spacial score (nSPS) is 15.4. The Balaban J connectivity index is 4.89. The first-order chi connectivity index (χ1) is 8.73. The zero-order chi connectivity index (χ0) is 15.1. The molecule has 0 aliphatic carbocycles. The van der Waals surface area contributed by atoms with Gasteiger partial charge in [-0.25, -0.2) is 0 Å². The maximum atomic E-state index is 12.2. The van der Waals surface area contributed by atoms with Crippen LogP contribution < -0.4 is 5.32 Å². The number of nitrogens with zero attached hydrogens (tertiary/aromatic N) is 1. The second kappa shape index (κ2) is 7.85. The number of rotatable bonds is 9. The van der Waals surface area contributed by atoms with Crippen molar-refractivity contribution in [3.8, 4) is 0 Å². The average molecular weight is 272 g/mol. The second-order valence-electron chi connectivity index (χ2n) is 6.00. The monoisotopic (exact) mass is 272 g/mol. The summed E-state index contributed by atoms with van der Waals surface area (Å²) in [5.74, 6) is -0.165. The lowest BCUT2D eigenvalue weighted by atomic mass is 9.95. The molecule has 0 aromatic heterocycles. The van der Waals surface area contributed by atoms with E-state index in [1.807, 2.05) is 13.8 Å². The summed E-state index contributed by atoms with van der Waals surface area (Å²) in [6, 6.07) is 0. The zero-order valence-corrected chi connectivity index (χ0v) is 13.8. The molecule has 0 aromatic rings. The van der Waals surface area contributed by atoms with Gasteiger partial charge in [0, 0.05) is 12.1 Å². The van der Waals surface area contributed by atoms with Crippen LogP contribution in [0.1, 0.15) is 54.4 Å². The van der Waals surface area contributed by atoms with Crippen LogP contribution in [0.4, 0.5) is 0 Å². The van der Waals surface area contributed by atoms with Crippen LogP contribution in [0.5, 0.6) is 0 Å². The molecule has 0 aromatic carbocycles. The van der Waals surface area contributed by atoms with Crippen molar-refractivity contribution < 1.29 is 9.53 Å². The van der Waals surface area contributed by atoms with E-state index in [0.29, 0.717) is 13.2 Å². The minimum absolute atomic E-state index is 0.0711. The minimum atomic E-state index is -0.646. The highest BCUT2D eigenvalue weighted by atomic mass is 16.5. The summed E-state index contributed by atoms with van der Waals surface area (Å²) in [7, 11) is 2.06. The Morgan fingerprint density at radius 2 is 1.79 bits per heavy atom. The van der Waals surface area contributed by atoms with Gasteiger partial charge in [0.15, 0.2) is 0 Å². The Labute approximate surface area is 118 Å². The summed E-state index contributed by atoms with van der Waals surface area (Å²) in [4.78, 5) is 14.4. The first-order valence-corrected chi connectivity index (χ1v) is 7.37. The maximum absolute atomic E-state index is 12.2. The predicted molar refractivity (Wildman–Crippen MR) is 80.3 cm³/mol. The number of carbonyl (C=O) groups is 1. The standard InChI is InChI=1S/C15H32N2O2/c1-8-11-16-15(6,13(18)19-10-3)12-17(7)14(4,5)9-2/h16H,8-12H2,1-7H3. The van der Waals surface area contributed by atoms with E-state index in [-0.39, 0.29) is 11.5 Å². The van der Waals surface area contributed by atoms with Crippen molar-refractivity contribution >= 4 is 5.97 Å². The zero-order valence-electron chi connectivity index (χ0n) is 13.8. The van der Waals surface area contributed by atoms with Crippen molar-refractivity contribution in [3.05, 3.63) is 0 Å². The molecule has 0 amide bonds. The third-order valence-corrected chi connectivity index (χ3v) is 3.94. The van der Waals surface area contributed by atoms with Gasteiger partial charge in [-0.3, -0.25) is 9.69 Å². The topological polar surface area (TPSA) is 41.6 Å². The molecule has 114 valence electrons. The largest absolute Gasteiger partial charge is 0.465 e. The van der Waals surface area contributed by atoms with Crippen molar-refractivity contribution in [2.24, 2.45) is 0 Å². The predicted octanol–water partition coefficient (Wildman–Crippen LogP) is 2.43. The van der Waals surface area contributed by atoms with Gasteiger partial charge in [0.25, 0.3) is 0 Å². The first kappa shape index (κ1) is 18.4. The van der Waals surface area contributed by atoms with E-state index in [4.69, 9.17) is 4.74 Å². The fourth-order valence-electron chi connectivity index (χ4n) is 1.84. The minimum Gasteiger partial charge on any atom is -0.465 e. The van der Waals surface area contributed by atoms with Gasteiger partial charge < -0.3 is 10.1 Å². The summed E-state index contributed by atoms with van der Waals surface area (Å²) in [6.45, 7) is 14.3. The number of likely N-dealkylation sites (N-methyl/N-ethyl adjacent to an activating group) is 1. The van der Waals surface area contributed by atoms with Gasteiger partial charge in [-0.1, -0.05) is 13.8 Å². The van der Waals surface area contributed by atoms with Crippen LogP contribution in [0, 0.1) is 0 Å². The second-order valence-corrected chi connectivity index (χ2v) is 6.00. The molecule has 19 heavy (non-hydrogen) atoms. The van der Waals surface area contributed by atoms with Crippen molar-refractivity contribution in [2.45, 2.75) is 65.5 Å². The van der Waals surface area contributed by atoms with E-state index < -0.39 is 5.54 Å². The van der Waals surface area contributed by atoms with Crippen molar-refractivity contribution in [3.63, 3.8) is 0 Å². The fourth-order valence-corrected chi connectivity index (χ4v) is 1.84. The summed E-state index contributed by atoms with van der Waals surface area (Å²) in [6.07, 6.45) is 2.03. The van der Waals surface area contributed by atoms with Gasteiger partial charge in [0.2, 0.25) is 0 Å². The Morgan fingerprint density at radius 1 is 1.21 bits per heavy atom. The summed E-state index contributed by atoms with van der Waals surface area (Å²) in [5.41, 5.74) is -0.575. The molecule has 0 bridgehead atoms. The van der Waals surface area contributed by atoms with E-state index >= 15 is 0 Å². The van der Waals surface area contributed by atoms with Gasteiger partial charge in [0.05, 0.1) is 6.61 Å². The molecule has 4 nitrogen and oxygen atoms in total. The molecule has 0 aliphatic rings. The highest BCUT2D eigenvalue weighted by molar-refractivity contribution is 5.80. The molecule has 0 saturated carbocycles. The molecule has 0 fully saturated rings. The molecule has 0 heterocycles. The lowest BCUT2D eigenvalue weighted by molar-refractivity contribution is -0.151. The molecule has 0 saturated heterocycles. The number of hydrogen-bond donors (Lipinski definition) is 1. The van der Waals surface area contributed by atoms with Crippen molar-refractivity contribution in [1.82, 2.24) is 10.2 Å². The molecule has 0 radical (unpaired) electrons. The van der Waals surface area contributed by atoms with Gasteiger partial charge >= 0.3 is 5.97 Å². The summed E-state index contributed by atoms with van der Waals surface area (Å²) < 4.78 is 5.22. The number of ether oxygens (including phenoxy) is 1. The van der Waals surface area contributed by atoms with Gasteiger partial charge in [-0.05, 0) is 54.1 Å². The lowest BCUT2D eigenvalue weighted by Crippen LogP contribution is -2.60. The fraction of sp³-hybridized carbons (Fsp3) is 0.933. The van der Waals surface area contributed by atoms with E-state index in [0.717, 1.165) is 19.4 Å². The van der Waals surface area contributed by atoms with Gasteiger partial charge in [0.1, 0.15) is 5.54 Å². The molecule has 1 N–H and O–H groups in total. The van der Waals surface area contributed by atoms with Crippen LogP contribution in [0.2, 0.25) is 0 Å². The van der Waals surface area contributed by atoms with Crippen molar-refractivity contribution in [1.29, 1.82) is 0 Å². The lowest BCUT2D eigenvalue weighted by Gasteiger charge is -2.40. The quantitative estimate of drug-likeness (QED) is 0.655. The molecule has 0 spiro atoms. The molecule has 0 rings (SSSR count). The Morgan fingerprint density at radius 3 is 2.21 bits per heavy atom. The molecular weight excluding hydrogens is 240 g/mol. The van der Waals surface area contributed by atoms with E-state index in [2.05, 4.69) is 45.0 Å². The summed E-state index contributed by atoms with van der Waals surface area (Å²) in [5, 5.41) is 3.34. The molecular formula is C15H32N2O2. The van der Waals surface area contributed by atoms with E-state index in [9.17, 15) is 4.79 Å². The summed E-state index contributed by atoms with van der Waals surface area (Å²) >= 11 is 0. The average Bonchev–Trinajstić information content (AvgIpc) is 2.36.